The molecule has 0 radical (unpaired) electrons. The predicted octanol–water partition coefficient (Wildman–Crippen LogP) is 1.45. The first-order valence-corrected chi connectivity index (χ1v) is 5.29. The van der Waals surface area contributed by atoms with E-state index in [9.17, 15) is 4.79 Å². The molecule has 1 unspecified atom stereocenters. The number of carboxylic acid groups (broad SMARTS) is 1. The number of aromatic nitrogens is 2. The Balaban J connectivity index is 3.11. The van der Waals surface area contributed by atoms with Crippen molar-refractivity contribution in [3.05, 3.63) is 17.7 Å². The van der Waals surface area contributed by atoms with Crippen LogP contribution in [0.1, 0.15) is 37.8 Å². The third-order valence-electron chi connectivity index (χ3n) is 2.74. The van der Waals surface area contributed by atoms with Gasteiger partial charge in [-0.1, -0.05) is 6.92 Å². The van der Waals surface area contributed by atoms with Gasteiger partial charge in [0, 0.05) is 13.8 Å². The summed E-state index contributed by atoms with van der Waals surface area (Å²) in [4.78, 5) is 10.9. The van der Waals surface area contributed by atoms with Crippen LogP contribution < -0.4 is 4.57 Å². The first kappa shape index (κ1) is 11.8. The van der Waals surface area contributed by atoms with Gasteiger partial charge in [0.1, 0.15) is 11.9 Å². The molecule has 15 heavy (non-hydrogen) atoms. The van der Waals surface area contributed by atoms with E-state index in [-0.39, 0.29) is 0 Å². The van der Waals surface area contributed by atoms with Crippen LogP contribution in [0.2, 0.25) is 0 Å². The van der Waals surface area contributed by atoms with Crippen molar-refractivity contribution in [3.8, 4) is 0 Å². The van der Waals surface area contributed by atoms with Gasteiger partial charge in [0.2, 0.25) is 0 Å². The largest absolute Gasteiger partial charge is 0.478 e. The smallest absolute Gasteiger partial charge is 0.349 e. The Bertz CT molecular complexity index is 369. The molecule has 1 aromatic rings. The predicted molar refractivity (Wildman–Crippen MR) is 56.7 cm³/mol. The summed E-state index contributed by atoms with van der Waals surface area (Å²) in [5, 5.41) is 8.96. The number of rotatable bonds is 4. The third-order valence-corrected chi connectivity index (χ3v) is 2.74. The SMILES string of the molecule is CCCn1c(C)c[n+](C(C)C(=O)O)c1C. The lowest BCUT2D eigenvalue weighted by molar-refractivity contribution is -0.712. The Morgan fingerprint density at radius 3 is 2.67 bits per heavy atom. The molecule has 0 aliphatic heterocycles. The Labute approximate surface area is 90.2 Å². The summed E-state index contributed by atoms with van der Waals surface area (Å²) in [7, 11) is 0. The first-order valence-electron chi connectivity index (χ1n) is 5.29. The van der Waals surface area contributed by atoms with E-state index < -0.39 is 12.0 Å². The van der Waals surface area contributed by atoms with Crippen LogP contribution in [0, 0.1) is 13.8 Å². The summed E-state index contributed by atoms with van der Waals surface area (Å²) >= 11 is 0. The van der Waals surface area contributed by atoms with Crippen molar-refractivity contribution in [2.45, 2.75) is 46.7 Å². The highest BCUT2D eigenvalue weighted by Crippen LogP contribution is 2.06. The number of imidazole rings is 1. The van der Waals surface area contributed by atoms with Crippen molar-refractivity contribution in [1.82, 2.24) is 4.57 Å². The third kappa shape index (κ3) is 2.19. The fraction of sp³-hybridized carbons (Fsp3) is 0.636. The van der Waals surface area contributed by atoms with Gasteiger partial charge in [-0.2, -0.15) is 0 Å². The van der Waals surface area contributed by atoms with E-state index in [0.717, 1.165) is 24.5 Å². The van der Waals surface area contributed by atoms with Crippen molar-refractivity contribution in [2.24, 2.45) is 0 Å². The molecule has 4 heteroatoms. The van der Waals surface area contributed by atoms with Crippen LogP contribution in [0.25, 0.3) is 0 Å². The molecular weight excluding hydrogens is 192 g/mol. The zero-order chi connectivity index (χ0) is 11.6. The zero-order valence-electron chi connectivity index (χ0n) is 9.82. The number of carbonyl (C=O) groups is 1. The summed E-state index contributed by atoms with van der Waals surface area (Å²) in [6.45, 7) is 8.72. The van der Waals surface area contributed by atoms with E-state index in [1.54, 1.807) is 6.92 Å². The van der Waals surface area contributed by atoms with E-state index in [1.807, 2.05) is 24.6 Å². The molecule has 4 nitrogen and oxygen atoms in total. The van der Waals surface area contributed by atoms with Crippen molar-refractivity contribution >= 4 is 5.97 Å². The molecule has 1 aromatic heterocycles. The molecule has 0 aliphatic rings. The quantitative estimate of drug-likeness (QED) is 0.766. The Morgan fingerprint density at radius 2 is 2.20 bits per heavy atom. The molecule has 0 fully saturated rings. The number of hydrogen-bond donors (Lipinski definition) is 1. The number of nitrogens with zero attached hydrogens (tertiary/aromatic N) is 2. The minimum absolute atomic E-state index is 0.498. The normalized spacial score (nSPS) is 12.8. The molecule has 0 aliphatic carbocycles. The van der Waals surface area contributed by atoms with E-state index in [2.05, 4.69) is 11.5 Å². The minimum Gasteiger partial charge on any atom is -0.478 e. The fourth-order valence-electron chi connectivity index (χ4n) is 1.83. The summed E-state index contributed by atoms with van der Waals surface area (Å²) < 4.78 is 3.97. The van der Waals surface area contributed by atoms with E-state index in [4.69, 9.17) is 5.11 Å². The van der Waals surface area contributed by atoms with Gasteiger partial charge >= 0.3 is 5.97 Å². The number of hydrogen-bond acceptors (Lipinski definition) is 1. The topological polar surface area (TPSA) is 46.1 Å². The molecule has 1 atom stereocenters. The van der Waals surface area contributed by atoms with Crippen LogP contribution in [0.5, 0.6) is 0 Å². The van der Waals surface area contributed by atoms with Crippen molar-refractivity contribution in [3.63, 3.8) is 0 Å². The number of carboxylic acids is 1. The van der Waals surface area contributed by atoms with Gasteiger partial charge in [-0.3, -0.25) is 0 Å². The second kappa shape index (κ2) is 4.47. The summed E-state index contributed by atoms with van der Waals surface area (Å²) in [5.41, 5.74) is 1.11. The lowest BCUT2D eigenvalue weighted by Crippen LogP contribution is -2.43. The highest BCUT2D eigenvalue weighted by atomic mass is 16.4. The fourth-order valence-corrected chi connectivity index (χ4v) is 1.83. The van der Waals surface area contributed by atoms with Gasteiger partial charge in [0.05, 0.1) is 6.54 Å². The molecule has 84 valence electrons. The zero-order valence-corrected chi connectivity index (χ0v) is 9.82. The number of aliphatic carboxylic acids is 1. The van der Waals surface area contributed by atoms with Gasteiger partial charge in [0.25, 0.3) is 5.82 Å². The summed E-state index contributed by atoms with van der Waals surface area (Å²) in [6, 6.07) is -0.498. The molecule has 0 aromatic carbocycles. The van der Waals surface area contributed by atoms with Crippen LogP contribution in [0.4, 0.5) is 0 Å². The highest BCUT2D eigenvalue weighted by molar-refractivity contribution is 5.69. The average molecular weight is 211 g/mol. The molecule has 0 saturated heterocycles. The van der Waals surface area contributed by atoms with Crippen LogP contribution in [0.3, 0.4) is 0 Å². The van der Waals surface area contributed by atoms with Crippen LogP contribution >= 0.6 is 0 Å². The lowest BCUT2D eigenvalue weighted by Gasteiger charge is -2.04. The first-order chi connectivity index (χ1) is 6.99. The molecular formula is C11H19N2O2+. The minimum atomic E-state index is -0.795. The Kier molecular flexibility index (Phi) is 3.50. The maximum atomic E-state index is 10.9. The van der Waals surface area contributed by atoms with Gasteiger partial charge in [0.15, 0.2) is 6.04 Å². The summed E-state index contributed by atoms with van der Waals surface area (Å²) in [6.07, 6.45) is 2.96. The van der Waals surface area contributed by atoms with Crippen molar-refractivity contribution in [2.75, 3.05) is 0 Å². The van der Waals surface area contributed by atoms with Gasteiger partial charge in [-0.05, 0) is 13.3 Å². The summed E-state index contributed by atoms with van der Waals surface area (Å²) in [5.74, 6) is 0.209. The van der Waals surface area contributed by atoms with Crippen molar-refractivity contribution < 1.29 is 14.5 Å². The highest BCUT2D eigenvalue weighted by Gasteiger charge is 2.25. The molecule has 1 rings (SSSR count). The lowest BCUT2D eigenvalue weighted by atomic mass is 10.3. The van der Waals surface area contributed by atoms with Crippen molar-refractivity contribution in [1.29, 1.82) is 0 Å². The van der Waals surface area contributed by atoms with E-state index in [1.165, 1.54) is 0 Å². The maximum Gasteiger partial charge on any atom is 0.349 e. The molecule has 0 saturated carbocycles. The van der Waals surface area contributed by atoms with Crippen LogP contribution in [-0.4, -0.2) is 15.6 Å². The van der Waals surface area contributed by atoms with Crippen LogP contribution in [-0.2, 0) is 11.3 Å². The monoisotopic (exact) mass is 211 g/mol. The van der Waals surface area contributed by atoms with E-state index >= 15 is 0 Å². The second-order valence-corrected chi connectivity index (χ2v) is 3.89. The molecule has 0 spiro atoms. The van der Waals surface area contributed by atoms with Crippen LogP contribution in [0.15, 0.2) is 6.20 Å². The number of aryl methyl sites for hydroxylation is 1. The second-order valence-electron chi connectivity index (χ2n) is 3.89. The standard InChI is InChI=1S/C11H18N2O2/c1-5-6-12-8(2)7-13(10(12)4)9(3)11(14)15/h7,9H,5-6H2,1-4H3/p+1. The Morgan fingerprint density at radius 1 is 1.60 bits per heavy atom. The average Bonchev–Trinajstić information content (AvgIpc) is 2.45. The molecule has 1 heterocycles. The maximum absolute atomic E-state index is 10.9. The van der Waals surface area contributed by atoms with Gasteiger partial charge < -0.3 is 5.11 Å². The van der Waals surface area contributed by atoms with Gasteiger partial charge in [-0.25, -0.2) is 13.9 Å². The molecule has 1 N–H and O–H groups in total. The van der Waals surface area contributed by atoms with E-state index in [0.29, 0.717) is 0 Å². The molecule has 0 bridgehead atoms. The molecule has 0 amide bonds. The van der Waals surface area contributed by atoms with Gasteiger partial charge in [-0.15, -0.1) is 0 Å². The Hall–Kier alpha value is -1.32.